The second kappa shape index (κ2) is 22.0. The van der Waals surface area contributed by atoms with Crippen LogP contribution in [0, 0.1) is 94.7 Å². The fourth-order valence-electron chi connectivity index (χ4n) is 4.27. The Morgan fingerprint density at radius 1 is 0.212 bits per heavy atom. The highest BCUT2D eigenvalue weighted by Gasteiger charge is 1.93. The summed E-state index contributed by atoms with van der Waals surface area (Å²) in [5.74, 6) is 48.9. The number of benzene rings is 4. The van der Waals surface area contributed by atoms with Gasteiger partial charge in [-0.05, 0) is 97.1 Å². The minimum atomic E-state index is 0.289. The van der Waals surface area contributed by atoms with E-state index < -0.39 is 0 Å². The van der Waals surface area contributed by atoms with Gasteiger partial charge in [-0.25, -0.2) is 0 Å². The van der Waals surface area contributed by atoms with Crippen LogP contribution in [0.2, 0.25) is 0 Å². The molecule has 4 nitrogen and oxygen atoms in total. The fraction of sp³-hybridized carbons (Fsp3) is 0.167. The molecule has 0 fully saturated rings. The summed E-state index contributed by atoms with van der Waals surface area (Å²) in [7, 11) is 0. The molecule has 0 saturated carbocycles. The van der Waals surface area contributed by atoms with Crippen LogP contribution >= 0.6 is 0 Å². The van der Waals surface area contributed by atoms with Crippen molar-refractivity contribution in [2.24, 2.45) is 0 Å². The Hall–Kier alpha value is -6.80. The first-order valence-electron chi connectivity index (χ1n) is 16.4. The molecule has 11 rings (SSSR count). The van der Waals surface area contributed by atoms with Gasteiger partial charge in [0.05, 0.1) is 0 Å². The summed E-state index contributed by atoms with van der Waals surface area (Å²) in [5.41, 5.74) is 7.08. The molecule has 0 atom stereocenters. The number of ether oxygens (including phenoxy) is 4. The van der Waals surface area contributed by atoms with Crippen molar-refractivity contribution in [3.05, 3.63) is 142 Å². The summed E-state index contributed by atoms with van der Waals surface area (Å²) < 4.78 is 22.2. The Morgan fingerprint density at radius 3 is 0.442 bits per heavy atom. The average Bonchev–Trinajstić information content (AvgIpc) is 3.18. The van der Waals surface area contributed by atoms with Crippen molar-refractivity contribution in [3.8, 4) is 94.7 Å². The standard InChI is InChI=1S/C48H32O4/c1-9-41-17-19-42(20-18-41)11-3-35-50-36-5-13-45-25-27-46(28-26-45)15-7-39-52-40-8-16-48-31-29-47(30-32-48)14-6-38-51-37-4-12-44-23-21-43(22-24-44)10-2-34-49-33-1/h17-32H,33-40H2. The van der Waals surface area contributed by atoms with Crippen LogP contribution in [0.1, 0.15) is 44.5 Å². The Balaban J connectivity index is 1.16. The highest BCUT2D eigenvalue weighted by Crippen LogP contribution is 2.05. The molecule has 4 aromatic rings. The lowest BCUT2D eigenvalue weighted by Crippen LogP contribution is -1.92. The van der Waals surface area contributed by atoms with Gasteiger partial charge in [0.15, 0.2) is 0 Å². The molecule has 0 spiro atoms. The van der Waals surface area contributed by atoms with Crippen LogP contribution in [0.5, 0.6) is 0 Å². The normalized spacial score (nSPS) is 13.2. The average molecular weight is 673 g/mol. The highest BCUT2D eigenvalue weighted by molar-refractivity contribution is 5.45. The molecule has 248 valence electrons. The van der Waals surface area contributed by atoms with E-state index in [2.05, 4.69) is 94.7 Å². The van der Waals surface area contributed by atoms with E-state index in [4.69, 9.17) is 18.9 Å². The van der Waals surface area contributed by atoms with E-state index in [0.29, 0.717) is 0 Å². The molecule has 4 aromatic carbocycles. The van der Waals surface area contributed by atoms with Crippen LogP contribution in [-0.2, 0) is 18.9 Å². The van der Waals surface area contributed by atoms with Crippen LogP contribution in [-0.4, -0.2) is 52.9 Å². The number of rotatable bonds is 0. The maximum atomic E-state index is 5.54. The quantitative estimate of drug-likeness (QED) is 0.226. The minimum absolute atomic E-state index is 0.289. The summed E-state index contributed by atoms with van der Waals surface area (Å²) >= 11 is 0. The maximum Gasteiger partial charge on any atom is 0.109 e. The van der Waals surface area contributed by atoms with Crippen molar-refractivity contribution >= 4 is 0 Å². The Bertz CT molecular complexity index is 1800. The smallest absolute Gasteiger partial charge is 0.109 e. The Labute approximate surface area is 307 Å². The molecule has 0 radical (unpaired) electrons. The monoisotopic (exact) mass is 672 g/mol. The molecule has 7 aliphatic heterocycles. The lowest BCUT2D eigenvalue weighted by Gasteiger charge is -1.95. The van der Waals surface area contributed by atoms with Crippen molar-refractivity contribution in [1.29, 1.82) is 0 Å². The van der Waals surface area contributed by atoms with Gasteiger partial charge in [0.1, 0.15) is 52.9 Å². The molecule has 0 saturated heterocycles. The molecule has 8 bridgehead atoms. The molecular formula is C48H32O4. The molecule has 4 heteroatoms. The predicted octanol–water partition coefficient (Wildman–Crippen LogP) is 5.68. The maximum absolute atomic E-state index is 5.54. The Morgan fingerprint density at radius 2 is 0.327 bits per heavy atom. The van der Waals surface area contributed by atoms with E-state index >= 15 is 0 Å². The SMILES string of the molecule is C1#Cc2ccc(cc2)C#CCOCC#Cc2ccc(cc2)C#CCOCC#Cc2ccc(cc2)C#CCOCC#Cc2ccc(cc2)C#CCOC1. The molecule has 7 aliphatic rings. The molecule has 0 unspecified atom stereocenters. The third kappa shape index (κ3) is 14.4. The predicted molar refractivity (Wildman–Crippen MR) is 204 cm³/mol. The van der Waals surface area contributed by atoms with Gasteiger partial charge in [-0.2, -0.15) is 0 Å². The van der Waals surface area contributed by atoms with Gasteiger partial charge >= 0.3 is 0 Å². The summed E-state index contributed by atoms with van der Waals surface area (Å²) in [6.07, 6.45) is 0. The van der Waals surface area contributed by atoms with Crippen LogP contribution in [0.3, 0.4) is 0 Å². The zero-order chi connectivity index (χ0) is 35.7. The van der Waals surface area contributed by atoms with E-state index in [0.717, 1.165) is 44.5 Å². The molecule has 0 aromatic heterocycles. The van der Waals surface area contributed by atoms with Gasteiger partial charge < -0.3 is 18.9 Å². The minimum Gasteiger partial charge on any atom is -0.356 e. The Kier molecular flexibility index (Phi) is 15.5. The van der Waals surface area contributed by atoms with Gasteiger partial charge in [0.25, 0.3) is 0 Å². The van der Waals surface area contributed by atoms with E-state index in [1.807, 2.05) is 97.1 Å². The van der Waals surface area contributed by atoms with Gasteiger partial charge in [0.2, 0.25) is 0 Å². The number of hydrogen-bond donors (Lipinski definition) is 0. The topological polar surface area (TPSA) is 36.9 Å². The van der Waals surface area contributed by atoms with Crippen molar-refractivity contribution in [3.63, 3.8) is 0 Å². The summed E-state index contributed by atoms with van der Waals surface area (Å²) in [6, 6.07) is 30.9. The van der Waals surface area contributed by atoms with E-state index in [9.17, 15) is 0 Å². The molecule has 0 N–H and O–H groups in total. The first-order chi connectivity index (χ1) is 25.8. The van der Waals surface area contributed by atoms with Crippen LogP contribution in [0.4, 0.5) is 0 Å². The molecule has 52 heavy (non-hydrogen) atoms. The van der Waals surface area contributed by atoms with Crippen LogP contribution in [0.25, 0.3) is 0 Å². The van der Waals surface area contributed by atoms with E-state index in [1.54, 1.807) is 0 Å². The van der Waals surface area contributed by atoms with Gasteiger partial charge in [-0.15, -0.1) is 0 Å². The lowest BCUT2D eigenvalue weighted by molar-refractivity contribution is 0.204. The van der Waals surface area contributed by atoms with E-state index in [-0.39, 0.29) is 52.9 Å². The van der Waals surface area contributed by atoms with Gasteiger partial charge in [-0.1, -0.05) is 94.7 Å². The zero-order valence-electron chi connectivity index (χ0n) is 28.5. The van der Waals surface area contributed by atoms with Gasteiger partial charge in [-0.3, -0.25) is 0 Å². The lowest BCUT2D eigenvalue weighted by atomic mass is 10.1. The largest absolute Gasteiger partial charge is 0.356 e. The first-order valence-corrected chi connectivity index (χ1v) is 16.4. The van der Waals surface area contributed by atoms with Crippen molar-refractivity contribution in [1.82, 2.24) is 0 Å². The second-order valence-corrected chi connectivity index (χ2v) is 10.7. The van der Waals surface area contributed by atoms with Crippen LogP contribution < -0.4 is 0 Å². The highest BCUT2D eigenvalue weighted by atomic mass is 16.5. The van der Waals surface area contributed by atoms with Crippen molar-refractivity contribution in [2.75, 3.05) is 52.9 Å². The summed E-state index contributed by atoms with van der Waals surface area (Å²) in [5, 5.41) is 0. The molecule has 0 aliphatic carbocycles. The first kappa shape index (κ1) is 36.5. The second-order valence-electron chi connectivity index (χ2n) is 10.7. The summed E-state index contributed by atoms with van der Waals surface area (Å²) in [4.78, 5) is 0. The number of hydrogen-bond acceptors (Lipinski definition) is 4. The fourth-order valence-corrected chi connectivity index (χ4v) is 4.27. The third-order valence-electron chi connectivity index (χ3n) is 6.80. The third-order valence-corrected chi connectivity index (χ3v) is 6.80. The van der Waals surface area contributed by atoms with E-state index in [1.165, 1.54) is 0 Å². The molecule has 0 amide bonds. The van der Waals surface area contributed by atoms with Crippen molar-refractivity contribution < 1.29 is 18.9 Å². The summed E-state index contributed by atoms with van der Waals surface area (Å²) in [6.45, 7) is 2.31. The molecular weight excluding hydrogens is 641 g/mol. The van der Waals surface area contributed by atoms with Crippen molar-refractivity contribution in [2.45, 2.75) is 0 Å². The van der Waals surface area contributed by atoms with Gasteiger partial charge in [0, 0.05) is 44.5 Å². The van der Waals surface area contributed by atoms with Crippen LogP contribution in [0.15, 0.2) is 97.1 Å². The molecule has 7 heterocycles. The zero-order valence-corrected chi connectivity index (χ0v) is 28.5.